The molecule has 110 valence electrons. The van der Waals surface area contributed by atoms with Crippen LogP contribution >= 0.6 is 0 Å². The molecule has 2 aliphatic heterocycles. The van der Waals surface area contributed by atoms with E-state index in [-0.39, 0.29) is 17.6 Å². The lowest BCUT2D eigenvalue weighted by molar-refractivity contribution is -0.228. The second-order valence-electron chi connectivity index (χ2n) is 7.41. The minimum absolute atomic E-state index is 0.207. The molecule has 4 rings (SSSR count). The number of hydrogen-bond donors (Lipinski definition) is 2. The molecular weight excluding hydrogens is 254 g/mol. The molecule has 2 saturated carbocycles. The lowest BCUT2D eigenvalue weighted by Crippen LogP contribution is -2.66. The van der Waals surface area contributed by atoms with E-state index in [1.807, 2.05) is 4.90 Å². The monoisotopic (exact) mass is 277 g/mol. The summed E-state index contributed by atoms with van der Waals surface area (Å²) in [7, 11) is 0. The Balaban J connectivity index is 1.94. The zero-order valence-electron chi connectivity index (χ0n) is 12.0. The summed E-state index contributed by atoms with van der Waals surface area (Å²) in [5.74, 6) is 0.698. The molecular formula is C16H23NO3. The summed E-state index contributed by atoms with van der Waals surface area (Å²) in [6.45, 7) is 3.33. The van der Waals surface area contributed by atoms with Gasteiger partial charge in [0, 0.05) is 30.8 Å². The first kappa shape index (κ1) is 13.0. The number of hydrogen-bond acceptors (Lipinski definition) is 4. The van der Waals surface area contributed by atoms with Gasteiger partial charge >= 0.3 is 0 Å². The highest BCUT2D eigenvalue weighted by Crippen LogP contribution is 2.64. The summed E-state index contributed by atoms with van der Waals surface area (Å²) in [5, 5.41) is 21.8. The van der Waals surface area contributed by atoms with Gasteiger partial charge in [0.15, 0.2) is 0 Å². The quantitative estimate of drug-likeness (QED) is 0.647. The van der Waals surface area contributed by atoms with Crippen LogP contribution in [0.3, 0.4) is 0 Å². The van der Waals surface area contributed by atoms with Crippen LogP contribution in [-0.4, -0.2) is 45.8 Å². The van der Waals surface area contributed by atoms with Crippen molar-refractivity contribution in [2.45, 2.75) is 44.4 Å². The van der Waals surface area contributed by atoms with E-state index in [1.165, 1.54) is 0 Å². The molecule has 2 aliphatic carbocycles. The Labute approximate surface area is 119 Å². The van der Waals surface area contributed by atoms with Gasteiger partial charge in [-0.15, -0.1) is 0 Å². The third-order valence-corrected chi connectivity index (χ3v) is 6.28. The van der Waals surface area contributed by atoms with E-state index in [0.29, 0.717) is 38.3 Å². The smallest absolute Gasteiger partial charge is 0.137 e. The first-order valence-corrected chi connectivity index (χ1v) is 7.83. The molecule has 2 unspecified atom stereocenters. The Hall–Kier alpha value is -0.710. The van der Waals surface area contributed by atoms with Crippen LogP contribution in [0.2, 0.25) is 0 Å². The molecule has 1 saturated heterocycles. The zero-order valence-corrected chi connectivity index (χ0v) is 12.0. The van der Waals surface area contributed by atoms with Crippen molar-refractivity contribution in [3.63, 3.8) is 0 Å². The fourth-order valence-corrected chi connectivity index (χ4v) is 5.69. The molecule has 2 N–H and O–H groups in total. The van der Waals surface area contributed by atoms with E-state index in [2.05, 4.69) is 19.1 Å². The van der Waals surface area contributed by atoms with Gasteiger partial charge < -0.3 is 10.2 Å². The number of Topliss-reactive ketones (excluding diaryl/α,β-unsaturated/α-hetero) is 1. The average molecular weight is 277 g/mol. The van der Waals surface area contributed by atoms with Crippen molar-refractivity contribution in [3.8, 4) is 0 Å². The van der Waals surface area contributed by atoms with Gasteiger partial charge in [0.2, 0.25) is 0 Å². The van der Waals surface area contributed by atoms with Crippen LogP contribution in [0.25, 0.3) is 0 Å². The predicted molar refractivity (Wildman–Crippen MR) is 73.7 cm³/mol. The van der Waals surface area contributed by atoms with Gasteiger partial charge in [-0.2, -0.15) is 0 Å². The maximum absolute atomic E-state index is 12.5. The molecule has 20 heavy (non-hydrogen) atoms. The predicted octanol–water partition coefficient (Wildman–Crippen LogP) is 0.933. The highest BCUT2D eigenvalue weighted by Gasteiger charge is 2.69. The van der Waals surface area contributed by atoms with E-state index in [4.69, 9.17) is 0 Å². The van der Waals surface area contributed by atoms with Gasteiger partial charge in [-0.05, 0) is 31.1 Å². The molecule has 4 nitrogen and oxygen atoms in total. The number of rotatable bonds is 0. The molecule has 4 aliphatic rings. The lowest BCUT2D eigenvalue weighted by atomic mass is 9.55. The van der Waals surface area contributed by atoms with Crippen LogP contribution in [0.5, 0.6) is 0 Å². The SMILES string of the molecule is C[C@@H]1C[C@H]2CC(=O)[C@H]3C[C@@H](O)CN4CC=CC23[C@@]4(O)C1. The minimum Gasteiger partial charge on any atom is -0.392 e. The minimum atomic E-state index is -0.946. The van der Waals surface area contributed by atoms with Gasteiger partial charge in [0.1, 0.15) is 11.5 Å². The van der Waals surface area contributed by atoms with Crippen molar-refractivity contribution in [2.75, 3.05) is 13.1 Å². The van der Waals surface area contributed by atoms with Crippen LogP contribution in [0.1, 0.15) is 32.6 Å². The number of carbonyl (C=O) groups excluding carboxylic acids is 1. The molecule has 0 radical (unpaired) electrons. The average Bonchev–Trinajstić information content (AvgIpc) is 2.60. The van der Waals surface area contributed by atoms with Crippen molar-refractivity contribution < 1.29 is 15.0 Å². The van der Waals surface area contributed by atoms with E-state index < -0.39 is 17.2 Å². The third-order valence-electron chi connectivity index (χ3n) is 6.28. The summed E-state index contributed by atoms with van der Waals surface area (Å²) < 4.78 is 0. The molecule has 0 amide bonds. The molecule has 0 aromatic heterocycles. The topological polar surface area (TPSA) is 60.8 Å². The van der Waals surface area contributed by atoms with Crippen molar-refractivity contribution in [1.82, 2.24) is 4.90 Å². The molecule has 2 bridgehead atoms. The van der Waals surface area contributed by atoms with Crippen LogP contribution in [0, 0.1) is 23.2 Å². The molecule has 1 spiro atoms. The van der Waals surface area contributed by atoms with Gasteiger partial charge in [0.25, 0.3) is 0 Å². The standard InChI is InChI=1S/C16H23NO3/c1-10-5-11-6-14(19)13-7-12(18)9-17-4-2-3-15(11,13)16(17,20)8-10/h2-3,10-13,18,20H,4-9H2,1H3/t10-,11+,12-,13-,15?,16+/m1/s1. The molecule has 2 heterocycles. The zero-order chi connectivity index (χ0) is 14.1. The van der Waals surface area contributed by atoms with E-state index in [1.54, 1.807) is 0 Å². The fraction of sp³-hybridized carbons (Fsp3) is 0.812. The van der Waals surface area contributed by atoms with Crippen molar-refractivity contribution in [3.05, 3.63) is 12.2 Å². The van der Waals surface area contributed by atoms with Gasteiger partial charge in [-0.1, -0.05) is 19.1 Å². The van der Waals surface area contributed by atoms with Crippen LogP contribution < -0.4 is 0 Å². The summed E-state index contributed by atoms with van der Waals surface area (Å²) >= 11 is 0. The highest BCUT2D eigenvalue weighted by molar-refractivity contribution is 5.86. The fourth-order valence-electron chi connectivity index (χ4n) is 5.69. The number of ketones is 1. The molecule has 0 aromatic carbocycles. The van der Waals surface area contributed by atoms with Crippen LogP contribution in [-0.2, 0) is 4.79 Å². The molecule has 0 aromatic rings. The van der Waals surface area contributed by atoms with E-state index >= 15 is 0 Å². The van der Waals surface area contributed by atoms with Crippen molar-refractivity contribution in [2.24, 2.45) is 23.2 Å². The Morgan fingerprint density at radius 3 is 3.00 bits per heavy atom. The Bertz CT molecular complexity index is 490. The third kappa shape index (κ3) is 1.35. The summed E-state index contributed by atoms with van der Waals surface area (Å²) in [4.78, 5) is 14.5. The number of carbonyl (C=O) groups is 1. The second-order valence-corrected chi connectivity index (χ2v) is 7.41. The Morgan fingerprint density at radius 2 is 2.20 bits per heavy atom. The number of aliphatic hydroxyl groups is 2. The molecule has 7 atom stereocenters. The number of nitrogens with zero attached hydrogens (tertiary/aromatic N) is 1. The second kappa shape index (κ2) is 3.93. The maximum Gasteiger partial charge on any atom is 0.137 e. The maximum atomic E-state index is 12.5. The summed E-state index contributed by atoms with van der Waals surface area (Å²) in [6.07, 6.45) is 6.52. The Morgan fingerprint density at radius 1 is 1.40 bits per heavy atom. The molecule has 3 fully saturated rings. The van der Waals surface area contributed by atoms with Crippen molar-refractivity contribution in [1.29, 1.82) is 0 Å². The Kier molecular flexibility index (Phi) is 2.55. The first-order chi connectivity index (χ1) is 9.47. The van der Waals surface area contributed by atoms with E-state index in [9.17, 15) is 15.0 Å². The van der Waals surface area contributed by atoms with Gasteiger partial charge in [-0.3, -0.25) is 9.69 Å². The van der Waals surface area contributed by atoms with Gasteiger partial charge in [0.05, 0.1) is 6.10 Å². The first-order valence-electron chi connectivity index (χ1n) is 7.83. The largest absolute Gasteiger partial charge is 0.392 e. The van der Waals surface area contributed by atoms with Crippen LogP contribution in [0.15, 0.2) is 12.2 Å². The van der Waals surface area contributed by atoms with Gasteiger partial charge in [-0.25, -0.2) is 0 Å². The van der Waals surface area contributed by atoms with Crippen molar-refractivity contribution >= 4 is 5.78 Å². The highest BCUT2D eigenvalue weighted by atomic mass is 16.3. The summed E-state index contributed by atoms with van der Waals surface area (Å²) in [6, 6.07) is 0. The number of aliphatic hydroxyl groups excluding tert-OH is 1. The van der Waals surface area contributed by atoms with E-state index in [0.717, 1.165) is 6.42 Å². The normalized spacial score (nSPS) is 57.4. The summed E-state index contributed by atoms with van der Waals surface area (Å²) in [5.41, 5.74) is -1.40. The lowest BCUT2D eigenvalue weighted by Gasteiger charge is -2.59. The van der Waals surface area contributed by atoms with Crippen LogP contribution in [0.4, 0.5) is 0 Å². The molecule has 4 heteroatoms.